The largest absolute Gasteiger partial charge is 0.480 e. The minimum absolute atomic E-state index is 0.241. The van der Waals surface area contributed by atoms with Gasteiger partial charge in [-0.1, -0.05) is 48.5 Å². The Bertz CT molecular complexity index is 676. The van der Waals surface area contributed by atoms with E-state index < -0.39 is 11.9 Å². The maximum Gasteiger partial charge on any atom is 0.316 e. The van der Waals surface area contributed by atoms with Gasteiger partial charge in [0.15, 0.2) is 0 Å². The first-order valence-corrected chi connectivity index (χ1v) is 6.16. The molecule has 1 aliphatic rings. The van der Waals surface area contributed by atoms with Crippen LogP contribution >= 0.6 is 0 Å². The molecule has 3 heteroatoms. The molecule has 2 aromatic carbocycles. The maximum absolute atomic E-state index is 11.5. The summed E-state index contributed by atoms with van der Waals surface area (Å²) in [5.41, 5.74) is 3.93. The maximum atomic E-state index is 11.5. The van der Waals surface area contributed by atoms with Crippen LogP contribution in [0.2, 0.25) is 0 Å². The summed E-state index contributed by atoms with van der Waals surface area (Å²) in [6.07, 6.45) is 0.391. The van der Waals surface area contributed by atoms with E-state index in [0.29, 0.717) is 12.0 Å². The van der Waals surface area contributed by atoms with Crippen molar-refractivity contribution in [2.24, 2.45) is 0 Å². The van der Waals surface area contributed by atoms with E-state index in [1.165, 1.54) is 0 Å². The molecule has 0 saturated carbocycles. The summed E-state index contributed by atoms with van der Waals surface area (Å²) < 4.78 is 0. The first-order valence-electron chi connectivity index (χ1n) is 6.16. The van der Waals surface area contributed by atoms with Gasteiger partial charge >= 0.3 is 5.97 Å². The zero-order valence-electron chi connectivity index (χ0n) is 10.3. The van der Waals surface area contributed by atoms with Crippen molar-refractivity contribution in [3.05, 3.63) is 59.7 Å². The number of rotatable bonds is 1. The van der Waals surface area contributed by atoms with Crippen LogP contribution in [0.5, 0.6) is 0 Å². The highest BCUT2D eigenvalue weighted by Crippen LogP contribution is 2.36. The average Bonchev–Trinajstić information content (AvgIpc) is 2.52. The number of carbonyl (C=O) groups is 1. The van der Waals surface area contributed by atoms with Crippen molar-refractivity contribution in [2.45, 2.75) is 12.3 Å². The van der Waals surface area contributed by atoms with Gasteiger partial charge in [0.25, 0.3) is 0 Å². The molecule has 0 amide bonds. The summed E-state index contributed by atoms with van der Waals surface area (Å²) >= 11 is 0. The van der Waals surface area contributed by atoms with Gasteiger partial charge in [0, 0.05) is 12.1 Å². The number of hydrogen-bond acceptors (Lipinski definition) is 2. The number of fused-ring (bicyclic) bond motifs is 3. The molecule has 2 N–H and O–H groups in total. The van der Waals surface area contributed by atoms with E-state index in [4.69, 9.17) is 5.41 Å². The SMILES string of the molecule is N=C1Cc2ccccc2-c2ccccc2C1C(=O)O. The van der Waals surface area contributed by atoms with Crippen LogP contribution in [0, 0.1) is 5.41 Å². The van der Waals surface area contributed by atoms with E-state index in [9.17, 15) is 9.90 Å². The van der Waals surface area contributed by atoms with E-state index in [-0.39, 0.29) is 5.71 Å². The van der Waals surface area contributed by atoms with Gasteiger partial charge in [-0.25, -0.2) is 0 Å². The fourth-order valence-electron chi connectivity index (χ4n) is 2.71. The molecule has 2 aromatic rings. The summed E-state index contributed by atoms with van der Waals surface area (Å²) in [4.78, 5) is 11.5. The van der Waals surface area contributed by atoms with Gasteiger partial charge in [-0.3, -0.25) is 4.79 Å². The zero-order chi connectivity index (χ0) is 13.4. The molecule has 0 aromatic heterocycles. The van der Waals surface area contributed by atoms with Gasteiger partial charge in [0.05, 0.1) is 0 Å². The second kappa shape index (κ2) is 4.35. The Morgan fingerprint density at radius 2 is 1.68 bits per heavy atom. The third-order valence-corrected chi connectivity index (χ3v) is 3.56. The highest BCUT2D eigenvalue weighted by molar-refractivity contribution is 6.09. The van der Waals surface area contributed by atoms with Crippen molar-refractivity contribution in [3.63, 3.8) is 0 Å². The van der Waals surface area contributed by atoms with Gasteiger partial charge in [-0.15, -0.1) is 0 Å². The first-order chi connectivity index (χ1) is 9.18. The summed E-state index contributed by atoms with van der Waals surface area (Å²) in [5, 5.41) is 17.5. The molecule has 0 radical (unpaired) electrons. The quantitative estimate of drug-likeness (QED) is 0.818. The van der Waals surface area contributed by atoms with Gasteiger partial charge < -0.3 is 10.5 Å². The fourth-order valence-corrected chi connectivity index (χ4v) is 2.71. The standard InChI is InChI=1S/C16H13NO2/c17-14-9-10-5-1-2-6-11(10)12-7-3-4-8-13(12)15(14)16(18)19/h1-8,15,17H,9H2,(H,18,19). The Kier molecular flexibility index (Phi) is 2.67. The van der Waals surface area contributed by atoms with E-state index in [0.717, 1.165) is 16.7 Å². The third-order valence-electron chi connectivity index (χ3n) is 3.56. The Labute approximate surface area is 111 Å². The first kappa shape index (κ1) is 11.7. The minimum atomic E-state index is -0.953. The van der Waals surface area contributed by atoms with E-state index in [1.54, 1.807) is 0 Å². The molecule has 0 saturated heterocycles. The lowest BCUT2D eigenvalue weighted by Gasteiger charge is -2.13. The number of carboxylic acids is 1. The number of hydrogen-bond donors (Lipinski definition) is 2. The monoisotopic (exact) mass is 251 g/mol. The van der Waals surface area contributed by atoms with Crippen molar-refractivity contribution in [3.8, 4) is 11.1 Å². The highest BCUT2D eigenvalue weighted by Gasteiger charge is 2.30. The molecule has 0 aliphatic heterocycles. The van der Waals surface area contributed by atoms with Crippen molar-refractivity contribution >= 4 is 11.7 Å². The molecule has 19 heavy (non-hydrogen) atoms. The summed E-state index contributed by atoms with van der Waals surface area (Å²) in [6.45, 7) is 0. The molecule has 1 aliphatic carbocycles. The van der Waals surface area contributed by atoms with Gasteiger partial charge in [-0.05, 0) is 22.3 Å². The minimum Gasteiger partial charge on any atom is -0.480 e. The Morgan fingerprint density at radius 1 is 1.05 bits per heavy atom. The van der Waals surface area contributed by atoms with Crippen molar-refractivity contribution in [1.82, 2.24) is 0 Å². The lowest BCUT2D eigenvalue weighted by molar-refractivity contribution is -0.137. The molecule has 1 unspecified atom stereocenters. The number of nitrogens with one attached hydrogen (secondary N) is 1. The molecule has 3 nitrogen and oxygen atoms in total. The average molecular weight is 251 g/mol. The van der Waals surface area contributed by atoms with Crippen LogP contribution < -0.4 is 0 Å². The van der Waals surface area contributed by atoms with Crippen LogP contribution in [0.25, 0.3) is 11.1 Å². The molecule has 3 rings (SSSR count). The molecule has 94 valence electrons. The van der Waals surface area contributed by atoms with Crippen LogP contribution in [0.4, 0.5) is 0 Å². The second-order valence-corrected chi connectivity index (χ2v) is 4.72. The Morgan fingerprint density at radius 3 is 2.42 bits per heavy atom. The fraction of sp³-hybridized carbons (Fsp3) is 0.125. The predicted molar refractivity (Wildman–Crippen MR) is 73.7 cm³/mol. The topological polar surface area (TPSA) is 61.2 Å². The van der Waals surface area contributed by atoms with Gasteiger partial charge in [-0.2, -0.15) is 0 Å². The zero-order valence-corrected chi connectivity index (χ0v) is 10.3. The molecular weight excluding hydrogens is 238 g/mol. The lowest BCUT2D eigenvalue weighted by Crippen LogP contribution is -2.21. The lowest BCUT2D eigenvalue weighted by atomic mass is 9.90. The number of carboxylic acid groups (broad SMARTS) is 1. The van der Waals surface area contributed by atoms with E-state index >= 15 is 0 Å². The van der Waals surface area contributed by atoms with Gasteiger partial charge in [0.1, 0.15) is 5.92 Å². The van der Waals surface area contributed by atoms with Crippen LogP contribution in [0.1, 0.15) is 17.0 Å². The van der Waals surface area contributed by atoms with Crippen LogP contribution in [-0.4, -0.2) is 16.8 Å². The van der Waals surface area contributed by atoms with E-state index in [2.05, 4.69) is 0 Å². The molecular formula is C16H13NO2. The van der Waals surface area contributed by atoms with Crippen LogP contribution in [-0.2, 0) is 11.2 Å². The van der Waals surface area contributed by atoms with Crippen LogP contribution in [0.3, 0.4) is 0 Å². The predicted octanol–water partition coefficient (Wildman–Crippen LogP) is 3.10. The Balaban J connectivity index is 2.32. The molecule has 1 atom stereocenters. The summed E-state index contributed by atoms with van der Waals surface area (Å²) in [6, 6.07) is 15.3. The van der Waals surface area contributed by atoms with Crippen molar-refractivity contribution in [2.75, 3.05) is 0 Å². The highest BCUT2D eigenvalue weighted by atomic mass is 16.4. The summed E-state index contributed by atoms with van der Waals surface area (Å²) in [7, 11) is 0. The number of benzene rings is 2. The third kappa shape index (κ3) is 1.83. The Hall–Kier alpha value is -2.42. The van der Waals surface area contributed by atoms with Crippen molar-refractivity contribution in [1.29, 1.82) is 5.41 Å². The molecule has 0 heterocycles. The molecule has 0 spiro atoms. The normalized spacial score (nSPS) is 17.3. The summed E-state index contributed by atoms with van der Waals surface area (Å²) in [5.74, 6) is -1.80. The van der Waals surface area contributed by atoms with E-state index in [1.807, 2.05) is 48.5 Å². The van der Waals surface area contributed by atoms with Gasteiger partial charge in [0.2, 0.25) is 0 Å². The van der Waals surface area contributed by atoms with Crippen LogP contribution in [0.15, 0.2) is 48.5 Å². The van der Waals surface area contributed by atoms with Crippen molar-refractivity contribution < 1.29 is 9.90 Å². The molecule has 0 bridgehead atoms. The second-order valence-electron chi connectivity index (χ2n) is 4.72. The number of aliphatic carboxylic acids is 1. The smallest absolute Gasteiger partial charge is 0.316 e. The molecule has 0 fully saturated rings.